The number of benzene rings is 2. The van der Waals surface area contributed by atoms with Gasteiger partial charge in [0.05, 0.1) is 15.6 Å². The highest BCUT2D eigenvalue weighted by Gasteiger charge is 2.31. The van der Waals surface area contributed by atoms with Gasteiger partial charge < -0.3 is 20.5 Å². The SMILES string of the molecule is CNc1cc(COc2c(Cl)cc(NC(=O)CC(=O)O)cc2Cl)cc(C(F)(F)F)c1. The summed E-state index contributed by atoms with van der Waals surface area (Å²) in [5, 5.41) is 13.5. The minimum absolute atomic E-state index is 0.00739. The van der Waals surface area contributed by atoms with Crippen molar-refractivity contribution in [2.75, 3.05) is 17.7 Å². The molecule has 29 heavy (non-hydrogen) atoms. The molecule has 2 aromatic rings. The van der Waals surface area contributed by atoms with Gasteiger partial charge in [0.15, 0.2) is 5.75 Å². The average Bonchev–Trinajstić information content (AvgIpc) is 2.59. The number of carboxylic acid groups (broad SMARTS) is 1. The number of aliphatic carboxylic acids is 1. The van der Waals surface area contributed by atoms with E-state index in [0.29, 0.717) is 0 Å². The van der Waals surface area contributed by atoms with E-state index in [1.165, 1.54) is 25.2 Å². The Hall–Kier alpha value is -2.65. The van der Waals surface area contributed by atoms with E-state index < -0.39 is 30.0 Å². The number of ether oxygens (including phenoxy) is 1. The molecule has 0 aliphatic rings. The Morgan fingerprint density at radius 2 is 1.69 bits per heavy atom. The number of hydrogen-bond acceptors (Lipinski definition) is 4. The lowest BCUT2D eigenvalue weighted by Crippen LogP contribution is -2.15. The molecule has 0 aromatic heterocycles. The fourth-order valence-corrected chi connectivity index (χ4v) is 2.95. The lowest BCUT2D eigenvalue weighted by molar-refractivity contribution is -0.140. The molecule has 0 aliphatic carbocycles. The number of amides is 1. The van der Waals surface area contributed by atoms with Crippen molar-refractivity contribution in [3.8, 4) is 5.75 Å². The molecule has 0 bridgehead atoms. The maximum atomic E-state index is 13.0. The van der Waals surface area contributed by atoms with Gasteiger partial charge in [-0.3, -0.25) is 9.59 Å². The first kappa shape index (κ1) is 22.6. The second-order valence-corrected chi connectivity index (χ2v) is 6.66. The highest BCUT2D eigenvalue weighted by atomic mass is 35.5. The van der Waals surface area contributed by atoms with E-state index in [1.54, 1.807) is 0 Å². The first-order valence-corrected chi connectivity index (χ1v) is 8.77. The number of halogens is 5. The number of carboxylic acids is 1. The molecule has 3 N–H and O–H groups in total. The maximum Gasteiger partial charge on any atom is 0.416 e. The van der Waals surface area contributed by atoms with Crippen LogP contribution in [-0.2, 0) is 22.4 Å². The van der Waals surface area contributed by atoms with Gasteiger partial charge in [-0.15, -0.1) is 0 Å². The Morgan fingerprint density at radius 3 is 2.21 bits per heavy atom. The third-order valence-electron chi connectivity index (χ3n) is 3.59. The predicted octanol–water partition coefficient (Wildman–Crippen LogP) is 5.05. The van der Waals surface area contributed by atoms with Crippen molar-refractivity contribution in [1.82, 2.24) is 0 Å². The molecule has 0 radical (unpaired) electrons. The topological polar surface area (TPSA) is 87.7 Å². The van der Waals surface area contributed by atoms with Gasteiger partial charge in [0.25, 0.3) is 0 Å². The summed E-state index contributed by atoms with van der Waals surface area (Å²) in [6.07, 6.45) is -5.26. The zero-order valence-corrected chi connectivity index (χ0v) is 16.4. The maximum absolute atomic E-state index is 13.0. The molecule has 0 unspecified atom stereocenters. The summed E-state index contributed by atoms with van der Waals surface area (Å²) >= 11 is 12.2. The summed E-state index contributed by atoms with van der Waals surface area (Å²) in [5.74, 6) is -2.07. The molecule has 0 fully saturated rings. The third-order valence-corrected chi connectivity index (χ3v) is 4.15. The summed E-state index contributed by atoms with van der Waals surface area (Å²) in [6, 6.07) is 5.97. The molecular formula is C18H15Cl2F3N2O4. The van der Waals surface area contributed by atoms with Crippen molar-refractivity contribution in [3.63, 3.8) is 0 Å². The monoisotopic (exact) mass is 450 g/mol. The van der Waals surface area contributed by atoms with E-state index in [2.05, 4.69) is 10.6 Å². The Kier molecular flexibility index (Phi) is 7.21. The molecule has 6 nitrogen and oxygen atoms in total. The van der Waals surface area contributed by atoms with Crippen LogP contribution in [0.5, 0.6) is 5.75 Å². The van der Waals surface area contributed by atoms with Gasteiger partial charge in [-0.2, -0.15) is 13.2 Å². The van der Waals surface area contributed by atoms with Crippen molar-refractivity contribution in [3.05, 3.63) is 51.5 Å². The number of nitrogens with one attached hydrogen (secondary N) is 2. The summed E-state index contributed by atoms with van der Waals surface area (Å²) in [7, 11) is 1.49. The second-order valence-electron chi connectivity index (χ2n) is 5.84. The van der Waals surface area contributed by atoms with Crippen LogP contribution in [0.15, 0.2) is 30.3 Å². The van der Waals surface area contributed by atoms with Crippen LogP contribution in [0.1, 0.15) is 17.5 Å². The van der Waals surface area contributed by atoms with Crippen LogP contribution < -0.4 is 15.4 Å². The normalized spacial score (nSPS) is 11.1. The zero-order chi connectivity index (χ0) is 21.8. The molecule has 0 saturated heterocycles. The summed E-state index contributed by atoms with van der Waals surface area (Å²) < 4.78 is 44.5. The second kappa shape index (κ2) is 9.23. The number of carbonyl (C=O) groups is 2. The summed E-state index contributed by atoms with van der Waals surface area (Å²) in [4.78, 5) is 22.0. The average molecular weight is 451 g/mol. The van der Waals surface area contributed by atoms with Gasteiger partial charge >= 0.3 is 12.1 Å². The highest BCUT2D eigenvalue weighted by Crippen LogP contribution is 2.37. The fraction of sp³-hybridized carbons (Fsp3) is 0.222. The van der Waals surface area contributed by atoms with Gasteiger partial charge in [0, 0.05) is 18.4 Å². The number of anilines is 2. The van der Waals surface area contributed by atoms with Crippen LogP contribution in [0.4, 0.5) is 24.5 Å². The lowest BCUT2D eigenvalue weighted by Gasteiger charge is -2.15. The van der Waals surface area contributed by atoms with Crippen molar-refractivity contribution >= 4 is 46.5 Å². The van der Waals surface area contributed by atoms with Gasteiger partial charge in [-0.05, 0) is 35.9 Å². The third kappa shape index (κ3) is 6.43. The molecular weight excluding hydrogens is 436 g/mol. The summed E-state index contributed by atoms with van der Waals surface area (Å²) in [5.41, 5.74) is -0.200. The Balaban J connectivity index is 2.19. The number of alkyl halides is 3. The first-order valence-electron chi connectivity index (χ1n) is 8.02. The molecule has 2 rings (SSSR count). The minimum atomic E-state index is -4.52. The fourth-order valence-electron chi connectivity index (χ4n) is 2.35. The molecule has 0 atom stereocenters. The quantitative estimate of drug-likeness (QED) is 0.514. The van der Waals surface area contributed by atoms with Crippen LogP contribution in [0.2, 0.25) is 10.0 Å². The predicted molar refractivity (Wildman–Crippen MR) is 103 cm³/mol. The standard InChI is InChI=1S/C18H15Cl2F3N2O4/c1-24-11-3-9(2-10(4-11)18(21,22)23)8-29-17-13(19)5-12(6-14(17)20)25-15(26)7-16(27)28/h2-6,24H,7-8H2,1H3,(H,25,26)(H,27,28). The van der Waals surface area contributed by atoms with E-state index in [4.69, 9.17) is 33.0 Å². The minimum Gasteiger partial charge on any atom is -0.486 e. The van der Waals surface area contributed by atoms with E-state index in [1.807, 2.05) is 0 Å². The molecule has 2 aromatic carbocycles. The lowest BCUT2D eigenvalue weighted by atomic mass is 10.1. The van der Waals surface area contributed by atoms with E-state index >= 15 is 0 Å². The number of carbonyl (C=O) groups excluding carboxylic acids is 1. The molecule has 156 valence electrons. The van der Waals surface area contributed by atoms with Crippen LogP contribution in [-0.4, -0.2) is 24.0 Å². The van der Waals surface area contributed by atoms with Gasteiger partial charge in [0.2, 0.25) is 5.91 Å². The molecule has 1 amide bonds. The molecule has 0 saturated carbocycles. The molecule has 0 aliphatic heterocycles. The number of hydrogen-bond donors (Lipinski definition) is 3. The Morgan fingerprint density at radius 1 is 1.07 bits per heavy atom. The summed E-state index contributed by atoms with van der Waals surface area (Å²) in [6.45, 7) is -0.247. The molecule has 11 heteroatoms. The number of rotatable bonds is 7. The van der Waals surface area contributed by atoms with Crippen molar-refractivity contribution in [2.45, 2.75) is 19.2 Å². The van der Waals surface area contributed by atoms with E-state index in [9.17, 15) is 22.8 Å². The van der Waals surface area contributed by atoms with Crippen molar-refractivity contribution in [1.29, 1.82) is 0 Å². The van der Waals surface area contributed by atoms with Crippen molar-refractivity contribution in [2.24, 2.45) is 0 Å². The van der Waals surface area contributed by atoms with Crippen LogP contribution in [0.3, 0.4) is 0 Å². The largest absolute Gasteiger partial charge is 0.486 e. The Bertz CT molecular complexity index is 913. The van der Waals surface area contributed by atoms with Gasteiger partial charge in [-0.25, -0.2) is 0 Å². The Labute approximate surface area is 173 Å². The highest BCUT2D eigenvalue weighted by molar-refractivity contribution is 6.37. The molecule has 0 spiro atoms. The van der Waals surface area contributed by atoms with Gasteiger partial charge in [-0.1, -0.05) is 23.2 Å². The first-order chi connectivity index (χ1) is 13.5. The molecule has 0 heterocycles. The zero-order valence-electron chi connectivity index (χ0n) is 14.9. The van der Waals surface area contributed by atoms with Crippen LogP contribution in [0, 0.1) is 0 Å². The van der Waals surface area contributed by atoms with Crippen LogP contribution >= 0.6 is 23.2 Å². The van der Waals surface area contributed by atoms with E-state index in [0.717, 1.165) is 12.1 Å². The smallest absolute Gasteiger partial charge is 0.416 e. The van der Waals surface area contributed by atoms with E-state index in [-0.39, 0.29) is 39.3 Å². The van der Waals surface area contributed by atoms with Crippen molar-refractivity contribution < 1.29 is 32.6 Å². The van der Waals surface area contributed by atoms with Gasteiger partial charge in [0.1, 0.15) is 13.0 Å². The van der Waals surface area contributed by atoms with Crippen LogP contribution in [0.25, 0.3) is 0 Å².